The summed E-state index contributed by atoms with van der Waals surface area (Å²) in [5.41, 5.74) is 1.05. The van der Waals surface area contributed by atoms with E-state index in [1.54, 1.807) is 12.0 Å². The van der Waals surface area contributed by atoms with E-state index < -0.39 is 11.6 Å². The number of amides is 1. The summed E-state index contributed by atoms with van der Waals surface area (Å²) in [6, 6.07) is 10.5. The molecule has 4 nitrogen and oxygen atoms in total. The molecule has 1 fully saturated rings. The van der Waals surface area contributed by atoms with E-state index in [1.807, 2.05) is 31.2 Å². The van der Waals surface area contributed by atoms with Crippen molar-refractivity contribution in [3.63, 3.8) is 0 Å². The molecule has 132 valence electrons. The minimum absolute atomic E-state index is 0.126. The highest BCUT2D eigenvalue weighted by Crippen LogP contribution is 2.27. The molecule has 3 rings (SSSR count). The van der Waals surface area contributed by atoms with Crippen molar-refractivity contribution in [2.24, 2.45) is 0 Å². The lowest BCUT2D eigenvalue weighted by atomic mass is 10.0. The van der Waals surface area contributed by atoms with E-state index in [-0.39, 0.29) is 23.6 Å². The van der Waals surface area contributed by atoms with Gasteiger partial charge >= 0.3 is 0 Å². The van der Waals surface area contributed by atoms with Crippen molar-refractivity contribution < 1.29 is 23.0 Å². The van der Waals surface area contributed by atoms with Gasteiger partial charge in [-0.2, -0.15) is 0 Å². The standard InChI is InChI=1S/C19H19F2NO3/c1-12-11-25-18(13-3-6-15(24-2)7-4-13)10-22(12)19(23)14-5-8-16(20)17(21)9-14/h3-9,12,18H,10-11H2,1-2H3. The lowest BCUT2D eigenvalue weighted by molar-refractivity contribution is -0.0487. The number of nitrogens with zero attached hydrogens (tertiary/aromatic N) is 1. The summed E-state index contributed by atoms with van der Waals surface area (Å²) in [6.45, 7) is 2.57. The summed E-state index contributed by atoms with van der Waals surface area (Å²) in [6.07, 6.45) is -0.281. The predicted molar refractivity (Wildman–Crippen MR) is 88.5 cm³/mol. The maximum Gasteiger partial charge on any atom is 0.254 e. The van der Waals surface area contributed by atoms with Crippen LogP contribution in [0.15, 0.2) is 42.5 Å². The zero-order valence-corrected chi connectivity index (χ0v) is 14.0. The van der Waals surface area contributed by atoms with Crippen LogP contribution < -0.4 is 4.74 Å². The molecule has 0 aromatic heterocycles. The zero-order valence-electron chi connectivity index (χ0n) is 14.0. The van der Waals surface area contributed by atoms with Gasteiger partial charge in [-0.05, 0) is 42.8 Å². The van der Waals surface area contributed by atoms with Crippen molar-refractivity contribution in [3.8, 4) is 5.75 Å². The zero-order chi connectivity index (χ0) is 18.0. The number of ether oxygens (including phenoxy) is 2. The van der Waals surface area contributed by atoms with Crippen LogP contribution in [0.5, 0.6) is 5.75 Å². The van der Waals surface area contributed by atoms with Crippen molar-refractivity contribution in [1.82, 2.24) is 4.90 Å². The second-order valence-electron chi connectivity index (χ2n) is 6.03. The average molecular weight is 347 g/mol. The molecule has 0 N–H and O–H groups in total. The van der Waals surface area contributed by atoms with Crippen molar-refractivity contribution >= 4 is 5.91 Å². The molecule has 1 amide bonds. The molecule has 0 radical (unpaired) electrons. The summed E-state index contributed by atoms with van der Waals surface area (Å²) in [4.78, 5) is 14.3. The van der Waals surface area contributed by atoms with Crippen LogP contribution in [0.1, 0.15) is 28.9 Å². The predicted octanol–water partition coefficient (Wildman–Crippen LogP) is 3.58. The molecule has 1 saturated heterocycles. The third-order valence-electron chi connectivity index (χ3n) is 4.35. The second kappa shape index (κ2) is 7.19. The van der Waals surface area contributed by atoms with Crippen molar-refractivity contribution in [3.05, 3.63) is 65.2 Å². The van der Waals surface area contributed by atoms with E-state index in [1.165, 1.54) is 6.07 Å². The lowest BCUT2D eigenvalue weighted by Crippen LogP contribution is -2.48. The molecule has 1 heterocycles. The third-order valence-corrected chi connectivity index (χ3v) is 4.35. The molecule has 0 spiro atoms. The first-order valence-electron chi connectivity index (χ1n) is 8.01. The second-order valence-corrected chi connectivity index (χ2v) is 6.03. The van der Waals surface area contributed by atoms with Gasteiger partial charge in [0.05, 0.1) is 26.3 Å². The van der Waals surface area contributed by atoms with Crippen molar-refractivity contribution in [2.75, 3.05) is 20.3 Å². The van der Waals surface area contributed by atoms with Crippen LogP contribution in [0.2, 0.25) is 0 Å². The Morgan fingerprint density at radius 1 is 1.16 bits per heavy atom. The quantitative estimate of drug-likeness (QED) is 0.852. The van der Waals surface area contributed by atoms with Gasteiger partial charge in [0.25, 0.3) is 5.91 Å². The average Bonchev–Trinajstić information content (AvgIpc) is 2.64. The van der Waals surface area contributed by atoms with Crippen molar-refractivity contribution in [2.45, 2.75) is 19.1 Å². The summed E-state index contributed by atoms with van der Waals surface area (Å²) in [7, 11) is 1.59. The fraction of sp³-hybridized carbons (Fsp3) is 0.316. The normalized spacial score (nSPS) is 20.4. The van der Waals surface area contributed by atoms with Crippen LogP contribution in [-0.4, -0.2) is 37.1 Å². The fourth-order valence-corrected chi connectivity index (χ4v) is 2.85. The van der Waals surface area contributed by atoms with E-state index in [4.69, 9.17) is 9.47 Å². The maximum atomic E-state index is 13.4. The number of morpholine rings is 1. The smallest absolute Gasteiger partial charge is 0.254 e. The van der Waals surface area contributed by atoms with Gasteiger partial charge in [0.15, 0.2) is 11.6 Å². The van der Waals surface area contributed by atoms with E-state index in [0.717, 1.165) is 23.4 Å². The van der Waals surface area contributed by atoms with Crippen LogP contribution in [0.25, 0.3) is 0 Å². The highest BCUT2D eigenvalue weighted by molar-refractivity contribution is 5.94. The van der Waals surface area contributed by atoms with Gasteiger partial charge in [0.2, 0.25) is 0 Å². The van der Waals surface area contributed by atoms with Gasteiger partial charge in [-0.1, -0.05) is 12.1 Å². The van der Waals surface area contributed by atoms with Crippen LogP contribution >= 0.6 is 0 Å². The van der Waals surface area contributed by atoms with Crippen LogP contribution in [0.4, 0.5) is 8.78 Å². The Hall–Kier alpha value is -2.47. The molecule has 0 bridgehead atoms. The minimum Gasteiger partial charge on any atom is -0.497 e. The molecule has 1 aliphatic heterocycles. The number of hydrogen-bond acceptors (Lipinski definition) is 3. The number of benzene rings is 2. The Kier molecular flexibility index (Phi) is 4.99. The van der Waals surface area contributed by atoms with E-state index in [0.29, 0.717) is 13.2 Å². The van der Waals surface area contributed by atoms with Crippen LogP contribution in [-0.2, 0) is 4.74 Å². The lowest BCUT2D eigenvalue weighted by Gasteiger charge is -2.38. The van der Waals surface area contributed by atoms with Crippen LogP contribution in [0.3, 0.4) is 0 Å². The fourth-order valence-electron chi connectivity index (χ4n) is 2.85. The highest BCUT2D eigenvalue weighted by Gasteiger charge is 2.31. The molecule has 25 heavy (non-hydrogen) atoms. The molecule has 0 aliphatic carbocycles. The molecule has 6 heteroatoms. The van der Waals surface area contributed by atoms with Crippen LogP contribution in [0, 0.1) is 11.6 Å². The topological polar surface area (TPSA) is 38.8 Å². The summed E-state index contributed by atoms with van der Waals surface area (Å²) < 4.78 is 37.5. The molecule has 2 unspecified atom stereocenters. The third kappa shape index (κ3) is 3.64. The van der Waals surface area contributed by atoms with Gasteiger partial charge < -0.3 is 14.4 Å². The number of hydrogen-bond donors (Lipinski definition) is 0. The van der Waals surface area contributed by atoms with E-state index >= 15 is 0 Å². The van der Waals surface area contributed by atoms with E-state index in [9.17, 15) is 13.6 Å². The number of halogens is 2. The highest BCUT2D eigenvalue weighted by atomic mass is 19.2. The first-order valence-corrected chi connectivity index (χ1v) is 8.01. The summed E-state index contributed by atoms with van der Waals surface area (Å²) >= 11 is 0. The largest absolute Gasteiger partial charge is 0.497 e. The monoisotopic (exact) mass is 347 g/mol. The SMILES string of the molecule is COc1ccc(C2CN(C(=O)c3ccc(F)c(F)c3)C(C)CO2)cc1. The molecule has 2 aromatic carbocycles. The molecule has 2 aromatic rings. The Morgan fingerprint density at radius 2 is 1.88 bits per heavy atom. The maximum absolute atomic E-state index is 13.4. The molecular formula is C19H19F2NO3. The number of rotatable bonds is 3. The number of carbonyl (C=O) groups is 1. The molecular weight excluding hydrogens is 328 g/mol. The Bertz CT molecular complexity index is 764. The Morgan fingerprint density at radius 3 is 2.52 bits per heavy atom. The van der Waals surface area contributed by atoms with Gasteiger partial charge in [-0.3, -0.25) is 4.79 Å². The summed E-state index contributed by atoms with van der Waals surface area (Å²) in [5, 5.41) is 0. The van der Waals surface area contributed by atoms with Crippen molar-refractivity contribution in [1.29, 1.82) is 0 Å². The molecule has 2 atom stereocenters. The molecule has 1 aliphatic rings. The van der Waals surface area contributed by atoms with Gasteiger partial charge in [-0.15, -0.1) is 0 Å². The van der Waals surface area contributed by atoms with Gasteiger partial charge in [-0.25, -0.2) is 8.78 Å². The molecule has 0 saturated carbocycles. The van der Waals surface area contributed by atoms with Gasteiger partial charge in [0, 0.05) is 5.56 Å². The van der Waals surface area contributed by atoms with Gasteiger partial charge in [0.1, 0.15) is 11.9 Å². The Balaban J connectivity index is 1.79. The minimum atomic E-state index is -1.03. The first-order chi connectivity index (χ1) is 12.0. The number of methoxy groups -OCH3 is 1. The van der Waals surface area contributed by atoms with E-state index in [2.05, 4.69) is 0 Å². The summed E-state index contributed by atoms with van der Waals surface area (Å²) in [5.74, 6) is -1.60. The Labute approximate surface area is 145 Å². The first kappa shape index (κ1) is 17.4. The number of carbonyl (C=O) groups excluding carboxylic acids is 1.